The molecule has 0 saturated carbocycles. The number of amides is 1. The summed E-state index contributed by atoms with van der Waals surface area (Å²) in [6.45, 7) is 10.1. The number of benzene rings is 1. The van der Waals surface area contributed by atoms with Gasteiger partial charge in [0.15, 0.2) is 0 Å². The highest BCUT2D eigenvalue weighted by atomic mass is 16.5. The second-order valence-electron chi connectivity index (χ2n) is 6.88. The molecule has 0 unspecified atom stereocenters. The highest BCUT2D eigenvalue weighted by Crippen LogP contribution is 2.37. The number of hydrogen-bond acceptors (Lipinski definition) is 3. The van der Waals surface area contributed by atoms with Crippen molar-refractivity contribution >= 4 is 11.6 Å². The lowest BCUT2D eigenvalue weighted by Crippen LogP contribution is -2.45. The van der Waals surface area contributed by atoms with Crippen molar-refractivity contribution in [2.75, 3.05) is 18.5 Å². The molecule has 1 N–H and O–H groups in total. The molecule has 0 aliphatic carbocycles. The third-order valence-corrected chi connectivity index (χ3v) is 5.30. The largest absolute Gasteiger partial charge is 0.381 e. The lowest BCUT2D eigenvalue weighted by atomic mass is 9.73. The molecule has 1 fully saturated rings. The van der Waals surface area contributed by atoms with Crippen LogP contribution in [0.15, 0.2) is 24.3 Å². The highest BCUT2D eigenvalue weighted by Gasteiger charge is 2.42. The molecule has 0 spiro atoms. The summed E-state index contributed by atoms with van der Waals surface area (Å²) in [6, 6.07) is 8.31. The van der Waals surface area contributed by atoms with Crippen molar-refractivity contribution in [3.8, 4) is 0 Å². The van der Waals surface area contributed by atoms with E-state index in [-0.39, 0.29) is 5.91 Å². The Morgan fingerprint density at radius 1 is 1.20 bits per heavy atom. The van der Waals surface area contributed by atoms with Crippen LogP contribution in [0.2, 0.25) is 0 Å². The van der Waals surface area contributed by atoms with Gasteiger partial charge in [-0.15, -0.1) is 0 Å². The summed E-state index contributed by atoms with van der Waals surface area (Å²) in [6.07, 6.45) is 1.39. The lowest BCUT2D eigenvalue weighted by molar-refractivity contribution is -0.125. The summed E-state index contributed by atoms with van der Waals surface area (Å²) in [7, 11) is 0. The molecule has 2 aromatic rings. The normalized spacial score (nSPS) is 16.6. The lowest BCUT2D eigenvalue weighted by Gasteiger charge is -2.36. The number of rotatable bonds is 4. The SMILES string of the molecule is CCn1nc(C)c(NC(=O)C2(c3ccc(C)cc3)CCOCC2)c1C. The van der Waals surface area contributed by atoms with Crippen LogP contribution in [0.25, 0.3) is 0 Å². The van der Waals surface area contributed by atoms with Gasteiger partial charge in [-0.25, -0.2) is 0 Å². The molecule has 1 aromatic heterocycles. The van der Waals surface area contributed by atoms with Gasteiger partial charge >= 0.3 is 0 Å². The summed E-state index contributed by atoms with van der Waals surface area (Å²) in [5, 5.41) is 7.69. The van der Waals surface area contributed by atoms with Gasteiger partial charge in [0.25, 0.3) is 0 Å². The summed E-state index contributed by atoms with van der Waals surface area (Å²) >= 11 is 0. The third kappa shape index (κ3) is 3.21. The van der Waals surface area contributed by atoms with Crippen molar-refractivity contribution < 1.29 is 9.53 Å². The number of hydrogen-bond donors (Lipinski definition) is 1. The van der Waals surface area contributed by atoms with Gasteiger partial charge in [-0.3, -0.25) is 9.48 Å². The average molecular weight is 341 g/mol. The Morgan fingerprint density at radius 3 is 2.40 bits per heavy atom. The standard InChI is InChI=1S/C20H27N3O2/c1-5-23-16(4)18(15(3)22-23)21-19(24)20(10-12-25-13-11-20)17-8-6-14(2)7-9-17/h6-9H,5,10-13H2,1-4H3,(H,21,24). The first-order valence-corrected chi connectivity index (χ1v) is 8.98. The zero-order valence-electron chi connectivity index (χ0n) is 15.6. The van der Waals surface area contributed by atoms with Crippen LogP contribution < -0.4 is 5.32 Å². The van der Waals surface area contributed by atoms with Crippen molar-refractivity contribution in [1.82, 2.24) is 9.78 Å². The second kappa shape index (κ2) is 7.00. The fourth-order valence-electron chi connectivity index (χ4n) is 3.66. The van der Waals surface area contributed by atoms with E-state index in [1.807, 2.05) is 18.5 Å². The van der Waals surface area contributed by atoms with E-state index in [1.54, 1.807) is 0 Å². The van der Waals surface area contributed by atoms with Crippen LogP contribution in [-0.4, -0.2) is 28.9 Å². The van der Waals surface area contributed by atoms with E-state index < -0.39 is 5.41 Å². The van der Waals surface area contributed by atoms with Crippen molar-refractivity contribution in [3.63, 3.8) is 0 Å². The van der Waals surface area contributed by atoms with Crippen molar-refractivity contribution in [1.29, 1.82) is 0 Å². The number of anilines is 1. The molecule has 134 valence electrons. The number of nitrogens with zero attached hydrogens (tertiary/aromatic N) is 2. The Kier molecular flexibility index (Phi) is 4.95. The van der Waals surface area contributed by atoms with E-state index in [1.165, 1.54) is 5.56 Å². The van der Waals surface area contributed by atoms with Crippen molar-refractivity contribution in [2.24, 2.45) is 0 Å². The molecular weight excluding hydrogens is 314 g/mol. The fraction of sp³-hybridized carbons (Fsp3) is 0.500. The van der Waals surface area contributed by atoms with E-state index in [0.29, 0.717) is 26.1 Å². The Labute approximate surface area is 149 Å². The van der Waals surface area contributed by atoms with E-state index >= 15 is 0 Å². The van der Waals surface area contributed by atoms with Crippen molar-refractivity contribution in [3.05, 3.63) is 46.8 Å². The molecular formula is C20H27N3O2. The first-order chi connectivity index (χ1) is 12.0. The minimum absolute atomic E-state index is 0.0431. The smallest absolute Gasteiger partial charge is 0.235 e. The highest BCUT2D eigenvalue weighted by molar-refractivity contribution is 6.00. The Bertz CT molecular complexity index is 756. The summed E-state index contributed by atoms with van der Waals surface area (Å²) in [5.74, 6) is 0.0431. The monoisotopic (exact) mass is 341 g/mol. The maximum absolute atomic E-state index is 13.4. The number of aromatic nitrogens is 2. The summed E-state index contributed by atoms with van der Waals surface area (Å²) in [4.78, 5) is 13.4. The van der Waals surface area contributed by atoms with E-state index in [0.717, 1.165) is 29.2 Å². The number of ether oxygens (including phenoxy) is 1. The van der Waals surface area contributed by atoms with Crippen LogP contribution in [0.5, 0.6) is 0 Å². The zero-order chi connectivity index (χ0) is 18.0. The van der Waals surface area contributed by atoms with Crippen LogP contribution in [-0.2, 0) is 21.5 Å². The van der Waals surface area contributed by atoms with Gasteiger partial charge in [0.2, 0.25) is 5.91 Å². The molecule has 5 heteroatoms. The topological polar surface area (TPSA) is 56.2 Å². The Balaban J connectivity index is 1.95. The van der Waals surface area contributed by atoms with Crippen LogP contribution in [0, 0.1) is 20.8 Å². The van der Waals surface area contributed by atoms with Gasteiger partial charge in [-0.2, -0.15) is 5.10 Å². The molecule has 5 nitrogen and oxygen atoms in total. The molecule has 1 aliphatic heterocycles. The number of carbonyl (C=O) groups is 1. The molecule has 0 bridgehead atoms. The van der Waals surface area contributed by atoms with Gasteiger partial charge < -0.3 is 10.1 Å². The molecule has 0 radical (unpaired) electrons. The van der Waals surface area contributed by atoms with Crippen LogP contribution in [0.1, 0.15) is 42.3 Å². The fourth-order valence-corrected chi connectivity index (χ4v) is 3.66. The molecule has 25 heavy (non-hydrogen) atoms. The predicted octanol–water partition coefficient (Wildman–Crippen LogP) is 3.52. The maximum Gasteiger partial charge on any atom is 0.235 e. The molecule has 1 aromatic carbocycles. The molecule has 2 heterocycles. The van der Waals surface area contributed by atoms with Crippen LogP contribution in [0.3, 0.4) is 0 Å². The minimum atomic E-state index is -0.543. The molecule has 1 saturated heterocycles. The molecule has 3 rings (SSSR count). The molecule has 1 aliphatic rings. The van der Waals surface area contributed by atoms with Crippen LogP contribution in [0.4, 0.5) is 5.69 Å². The number of carbonyl (C=O) groups excluding carboxylic acids is 1. The summed E-state index contributed by atoms with van der Waals surface area (Å²) < 4.78 is 7.47. The van der Waals surface area contributed by atoms with E-state index in [2.05, 4.69) is 48.5 Å². The first kappa shape index (κ1) is 17.7. The summed E-state index contributed by atoms with van der Waals surface area (Å²) in [5.41, 5.74) is 4.42. The Morgan fingerprint density at radius 2 is 1.84 bits per heavy atom. The number of aryl methyl sites for hydroxylation is 3. The van der Waals surface area contributed by atoms with Crippen LogP contribution >= 0.6 is 0 Å². The second-order valence-corrected chi connectivity index (χ2v) is 6.88. The van der Waals surface area contributed by atoms with Gasteiger partial charge in [-0.1, -0.05) is 29.8 Å². The molecule has 1 amide bonds. The van der Waals surface area contributed by atoms with E-state index in [4.69, 9.17) is 4.74 Å². The maximum atomic E-state index is 13.4. The van der Waals surface area contributed by atoms with E-state index in [9.17, 15) is 4.79 Å². The zero-order valence-corrected chi connectivity index (χ0v) is 15.6. The number of nitrogens with one attached hydrogen (secondary N) is 1. The Hall–Kier alpha value is -2.14. The van der Waals surface area contributed by atoms with Gasteiger partial charge in [0.1, 0.15) is 0 Å². The minimum Gasteiger partial charge on any atom is -0.381 e. The first-order valence-electron chi connectivity index (χ1n) is 8.98. The third-order valence-electron chi connectivity index (χ3n) is 5.30. The average Bonchev–Trinajstić information content (AvgIpc) is 2.90. The van der Waals surface area contributed by atoms with Gasteiger partial charge in [0.05, 0.1) is 22.5 Å². The molecule has 0 atom stereocenters. The predicted molar refractivity (Wildman–Crippen MR) is 98.9 cm³/mol. The van der Waals surface area contributed by atoms with Gasteiger partial charge in [0, 0.05) is 19.8 Å². The quantitative estimate of drug-likeness (QED) is 0.926. The van der Waals surface area contributed by atoms with Gasteiger partial charge in [-0.05, 0) is 46.1 Å². The van der Waals surface area contributed by atoms with Crippen molar-refractivity contribution in [2.45, 2.75) is 52.5 Å².